The predicted molar refractivity (Wildman–Crippen MR) is 74.6 cm³/mol. The fraction of sp³-hybridized carbons (Fsp3) is 0.429. The van der Waals surface area contributed by atoms with Gasteiger partial charge in [-0.2, -0.15) is 0 Å². The summed E-state index contributed by atoms with van der Waals surface area (Å²) < 4.78 is 6.72. The topological polar surface area (TPSA) is 75.6 Å². The number of ether oxygens (including phenoxy) is 1. The smallest absolute Gasteiger partial charge is 0.319 e. The third kappa shape index (κ3) is 2.28. The molecule has 0 aromatic heterocycles. The van der Waals surface area contributed by atoms with Gasteiger partial charge in [-0.25, -0.2) is 0 Å². The molecule has 1 fully saturated rings. The van der Waals surface area contributed by atoms with Gasteiger partial charge < -0.3 is 15.2 Å². The van der Waals surface area contributed by atoms with Gasteiger partial charge in [0.2, 0.25) is 5.91 Å². The summed E-state index contributed by atoms with van der Waals surface area (Å²) in [5.41, 5.74) is -0.0907. The van der Waals surface area contributed by atoms with Crippen molar-refractivity contribution in [1.82, 2.24) is 5.32 Å². The van der Waals surface area contributed by atoms with E-state index in [0.29, 0.717) is 19.4 Å². The van der Waals surface area contributed by atoms with Gasteiger partial charge in [-0.05, 0) is 36.6 Å². The van der Waals surface area contributed by atoms with Crippen LogP contribution in [-0.2, 0) is 16.0 Å². The van der Waals surface area contributed by atoms with Gasteiger partial charge >= 0.3 is 5.97 Å². The minimum atomic E-state index is -1.19. The zero-order valence-electron chi connectivity index (χ0n) is 10.7. The lowest BCUT2D eigenvalue weighted by Gasteiger charge is -2.14. The van der Waals surface area contributed by atoms with E-state index in [0.717, 1.165) is 22.2 Å². The summed E-state index contributed by atoms with van der Waals surface area (Å²) in [4.78, 5) is 22.9. The van der Waals surface area contributed by atoms with Crippen LogP contribution in [0.15, 0.2) is 22.7 Å². The molecule has 0 radical (unpaired) electrons. The number of carboxylic acid groups (broad SMARTS) is 1. The number of hydrogen-bond acceptors (Lipinski definition) is 3. The number of carbonyl (C=O) groups excluding carboxylic acids is 1. The van der Waals surface area contributed by atoms with Gasteiger partial charge in [-0.1, -0.05) is 15.9 Å². The Bertz CT molecular complexity index is 583. The Morgan fingerprint density at radius 2 is 2.20 bits per heavy atom. The first-order chi connectivity index (χ1) is 9.51. The van der Waals surface area contributed by atoms with E-state index in [1.807, 2.05) is 18.2 Å². The number of aliphatic carboxylic acids is 1. The van der Waals surface area contributed by atoms with Crippen molar-refractivity contribution < 1.29 is 19.4 Å². The molecule has 20 heavy (non-hydrogen) atoms. The minimum Gasteiger partial charge on any atom is -0.488 e. The first-order valence-electron chi connectivity index (χ1n) is 6.48. The number of rotatable bonds is 4. The van der Waals surface area contributed by atoms with E-state index in [1.165, 1.54) is 0 Å². The fourth-order valence-electron chi connectivity index (χ4n) is 2.44. The van der Waals surface area contributed by atoms with Crippen LogP contribution in [0.5, 0.6) is 5.75 Å². The molecule has 2 N–H and O–H groups in total. The normalized spacial score (nSPS) is 21.8. The van der Waals surface area contributed by atoms with Gasteiger partial charge in [0.25, 0.3) is 0 Å². The Morgan fingerprint density at radius 3 is 2.85 bits per heavy atom. The number of carbonyl (C=O) groups is 2. The quantitative estimate of drug-likeness (QED) is 0.819. The van der Waals surface area contributed by atoms with E-state index in [9.17, 15) is 9.59 Å². The number of amides is 1. The van der Waals surface area contributed by atoms with Crippen molar-refractivity contribution >= 4 is 27.8 Å². The van der Waals surface area contributed by atoms with Crippen molar-refractivity contribution in [2.75, 3.05) is 6.54 Å². The summed E-state index contributed by atoms with van der Waals surface area (Å²) in [5.74, 6) is -0.605. The Morgan fingerprint density at radius 1 is 1.45 bits per heavy atom. The monoisotopic (exact) mass is 339 g/mol. The Balaban J connectivity index is 1.57. The van der Waals surface area contributed by atoms with Gasteiger partial charge in [0, 0.05) is 10.9 Å². The fourth-order valence-corrected chi connectivity index (χ4v) is 2.85. The largest absolute Gasteiger partial charge is 0.488 e. The first-order valence-corrected chi connectivity index (χ1v) is 7.27. The van der Waals surface area contributed by atoms with Crippen LogP contribution in [0, 0.1) is 5.41 Å². The molecule has 0 bridgehead atoms. The van der Waals surface area contributed by atoms with Crippen molar-refractivity contribution in [3.8, 4) is 5.75 Å². The molecule has 1 aromatic rings. The maximum atomic E-state index is 11.9. The molecule has 1 aromatic carbocycles. The molecule has 1 atom stereocenters. The third-order valence-electron chi connectivity index (χ3n) is 3.85. The second kappa shape index (κ2) is 4.77. The average molecular weight is 340 g/mol. The number of fused-ring (bicyclic) bond motifs is 1. The summed E-state index contributed by atoms with van der Waals surface area (Å²) in [5, 5.41) is 11.7. The highest BCUT2D eigenvalue weighted by molar-refractivity contribution is 9.10. The maximum absolute atomic E-state index is 11.9. The first kappa shape index (κ1) is 13.4. The molecule has 106 valence electrons. The second-order valence-corrected chi connectivity index (χ2v) is 6.21. The van der Waals surface area contributed by atoms with Crippen LogP contribution in [0.1, 0.15) is 18.4 Å². The summed E-state index contributed by atoms with van der Waals surface area (Å²) in [6, 6.07) is 5.79. The molecule has 1 aliphatic heterocycles. The maximum Gasteiger partial charge on any atom is 0.319 e. The standard InChI is InChI=1S/C14H14BrNO4/c15-9-1-2-11-8(5-9)6-10(20-11)7-16-12(17)14(3-4-14)13(18)19/h1-2,5,10H,3-4,6-7H2,(H,16,17)(H,18,19). The van der Waals surface area contributed by atoms with E-state index >= 15 is 0 Å². The van der Waals surface area contributed by atoms with Gasteiger partial charge in [-0.15, -0.1) is 0 Å². The lowest BCUT2D eigenvalue weighted by Crippen LogP contribution is -2.41. The number of nitrogens with one attached hydrogen (secondary N) is 1. The van der Waals surface area contributed by atoms with E-state index in [-0.39, 0.29) is 6.10 Å². The average Bonchev–Trinajstić information content (AvgIpc) is 3.12. The zero-order chi connectivity index (χ0) is 14.3. The minimum absolute atomic E-state index is 0.132. The summed E-state index contributed by atoms with van der Waals surface area (Å²) in [7, 11) is 0. The van der Waals surface area contributed by atoms with E-state index in [4.69, 9.17) is 9.84 Å². The van der Waals surface area contributed by atoms with Crippen molar-refractivity contribution in [3.63, 3.8) is 0 Å². The number of halogens is 1. The van der Waals surface area contributed by atoms with Crippen LogP contribution in [0.2, 0.25) is 0 Å². The highest BCUT2D eigenvalue weighted by Crippen LogP contribution is 2.46. The van der Waals surface area contributed by atoms with Crippen LogP contribution >= 0.6 is 15.9 Å². The number of benzene rings is 1. The molecule has 3 rings (SSSR count). The van der Waals surface area contributed by atoms with Crippen molar-refractivity contribution in [3.05, 3.63) is 28.2 Å². The van der Waals surface area contributed by atoms with Gasteiger partial charge in [-0.3, -0.25) is 9.59 Å². The molecule has 5 nitrogen and oxygen atoms in total. The van der Waals surface area contributed by atoms with Gasteiger partial charge in [0.1, 0.15) is 17.3 Å². The van der Waals surface area contributed by atoms with Crippen LogP contribution in [-0.4, -0.2) is 29.6 Å². The molecule has 0 saturated heterocycles. The predicted octanol–water partition coefficient (Wildman–Crippen LogP) is 1.73. The number of hydrogen-bond donors (Lipinski definition) is 2. The van der Waals surface area contributed by atoms with Crippen molar-refractivity contribution in [2.24, 2.45) is 5.41 Å². The molecular formula is C14H14BrNO4. The van der Waals surface area contributed by atoms with Crippen molar-refractivity contribution in [2.45, 2.75) is 25.4 Å². The molecule has 2 aliphatic rings. The highest BCUT2D eigenvalue weighted by Gasteiger charge is 2.57. The molecule has 1 heterocycles. The second-order valence-electron chi connectivity index (χ2n) is 5.29. The Kier molecular flexibility index (Phi) is 3.20. The Hall–Kier alpha value is -1.56. The van der Waals surface area contributed by atoms with E-state index < -0.39 is 17.3 Å². The molecule has 1 saturated carbocycles. The molecule has 1 amide bonds. The number of carboxylic acids is 1. The van der Waals surface area contributed by atoms with E-state index in [1.54, 1.807) is 0 Å². The summed E-state index contributed by atoms with van der Waals surface area (Å²) >= 11 is 3.41. The van der Waals surface area contributed by atoms with E-state index in [2.05, 4.69) is 21.2 Å². The van der Waals surface area contributed by atoms with Gasteiger partial charge in [0.05, 0.1) is 6.54 Å². The zero-order valence-corrected chi connectivity index (χ0v) is 12.3. The summed E-state index contributed by atoms with van der Waals surface area (Å²) in [6.45, 7) is 0.333. The Labute approximate surface area is 124 Å². The third-order valence-corrected chi connectivity index (χ3v) is 4.34. The molecule has 1 unspecified atom stereocenters. The molecular weight excluding hydrogens is 326 g/mol. The van der Waals surface area contributed by atoms with Gasteiger partial charge in [0.15, 0.2) is 0 Å². The van der Waals surface area contributed by atoms with Crippen LogP contribution in [0.4, 0.5) is 0 Å². The molecule has 1 aliphatic carbocycles. The van der Waals surface area contributed by atoms with Crippen LogP contribution in [0.25, 0.3) is 0 Å². The summed E-state index contributed by atoms with van der Waals surface area (Å²) in [6.07, 6.45) is 1.43. The molecule has 0 spiro atoms. The van der Waals surface area contributed by atoms with Crippen molar-refractivity contribution in [1.29, 1.82) is 0 Å². The lowest BCUT2D eigenvalue weighted by atomic mass is 10.1. The molecule has 6 heteroatoms. The SMILES string of the molecule is O=C(O)C1(C(=O)NCC2Cc3cc(Br)ccc3O2)CC1. The van der Waals surface area contributed by atoms with Crippen LogP contribution < -0.4 is 10.1 Å². The highest BCUT2D eigenvalue weighted by atomic mass is 79.9. The van der Waals surface area contributed by atoms with Crippen LogP contribution in [0.3, 0.4) is 0 Å². The lowest BCUT2D eigenvalue weighted by molar-refractivity contribution is -0.149.